The molecule has 2 rings (SSSR count). The Bertz CT molecular complexity index is 233. The van der Waals surface area contributed by atoms with Crippen LogP contribution in [0.1, 0.15) is 6.42 Å². The summed E-state index contributed by atoms with van der Waals surface area (Å²) in [6.07, 6.45) is -0.236. The van der Waals surface area contributed by atoms with E-state index in [4.69, 9.17) is 4.74 Å². The molecule has 2 fully saturated rings. The molecule has 5 nitrogen and oxygen atoms in total. The van der Waals surface area contributed by atoms with Crippen LogP contribution in [0.25, 0.3) is 0 Å². The number of nitrogens with zero attached hydrogens (tertiary/aromatic N) is 1. The number of amides is 1. The lowest BCUT2D eigenvalue weighted by Crippen LogP contribution is -2.56. The van der Waals surface area contributed by atoms with Gasteiger partial charge in [0.2, 0.25) is 0 Å². The summed E-state index contributed by atoms with van der Waals surface area (Å²) in [6.45, 7) is 1.79. The summed E-state index contributed by atoms with van der Waals surface area (Å²) in [5.41, 5.74) is -0.656. The zero-order valence-electron chi connectivity index (χ0n) is 7.62. The fourth-order valence-corrected chi connectivity index (χ4v) is 1.94. The molecule has 2 atom stereocenters. The lowest BCUT2D eigenvalue weighted by atomic mass is 9.90. The Morgan fingerprint density at radius 3 is 3.08 bits per heavy atom. The lowest BCUT2D eigenvalue weighted by molar-refractivity contribution is -0.0692. The Hall–Kier alpha value is -0.810. The molecule has 0 aromatic rings. The smallest absolute Gasteiger partial charge is 0.410 e. The minimum atomic E-state index is -0.656. The molecule has 0 saturated carbocycles. The Labute approximate surface area is 76.7 Å². The van der Waals surface area contributed by atoms with Gasteiger partial charge in [-0.25, -0.2) is 4.79 Å². The largest absolute Gasteiger partial charge is 0.438 e. The number of ether oxygens (including phenoxy) is 1. The molecule has 0 bridgehead atoms. The normalized spacial score (nSPS) is 39.7. The van der Waals surface area contributed by atoms with Gasteiger partial charge in [-0.05, 0) is 6.54 Å². The number of carbonyl (C=O) groups excluding carboxylic acids is 1. The van der Waals surface area contributed by atoms with Crippen LogP contribution >= 0.6 is 0 Å². The minimum Gasteiger partial charge on any atom is -0.438 e. The SMILES string of the molecule is CN1C[C@@]2(CCNC[C@H]2O)OC1=O. The van der Waals surface area contributed by atoms with Crippen LogP contribution in [0.3, 0.4) is 0 Å². The molecule has 1 amide bonds. The molecule has 0 aromatic heterocycles. The zero-order chi connectivity index (χ0) is 9.47. The van der Waals surface area contributed by atoms with Gasteiger partial charge in [-0.15, -0.1) is 0 Å². The molecule has 2 aliphatic rings. The van der Waals surface area contributed by atoms with Gasteiger partial charge in [-0.2, -0.15) is 0 Å². The van der Waals surface area contributed by atoms with Gasteiger partial charge in [-0.1, -0.05) is 0 Å². The van der Waals surface area contributed by atoms with Crippen LogP contribution in [-0.4, -0.2) is 54.5 Å². The van der Waals surface area contributed by atoms with E-state index in [1.807, 2.05) is 0 Å². The molecule has 0 aliphatic carbocycles. The van der Waals surface area contributed by atoms with E-state index in [-0.39, 0.29) is 6.09 Å². The van der Waals surface area contributed by atoms with Crippen molar-refractivity contribution in [2.24, 2.45) is 0 Å². The number of aliphatic hydroxyl groups excluding tert-OH is 1. The number of rotatable bonds is 0. The van der Waals surface area contributed by atoms with Gasteiger partial charge in [0.05, 0.1) is 6.54 Å². The second-order valence-electron chi connectivity index (χ2n) is 3.76. The minimum absolute atomic E-state index is 0.332. The molecule has 0 aromatic carbocycles. The van der Waals surface area contributed by atoms with E-state index in [0.717, 1.165) is 6.54 Å². The van der Waals surface area contributed by atoms with E-state index in [2.05, 4.69) is 5.32 Å². The van der Waals surface area contributed by atoms with Crippen LogP contribution in [0, 0.1) is 0 Å². The van der Waals surface area contributed by atoms with Crippen molar-refractivity contribution in [1.29, 1.82) is 0 Å². The predicted molar refractivity (Wildman–Crippen MR) is 45.3 cm³/mol. The summed E-state index contributed by atoms with van der Waals surface area (Å²) in [6, 6.07) is 0. The first-order valence-electron chi connectivity index (χ1n) is 4.47. The van der Waals surface area contributed by atoms with Crippen LogP contribution < -0.4 is 5.32 Å². The summed E-state index contributed by atoms with van der Waals surface area (Å²) >= 11 is 0. The molecule has 13 heavy (non-hydrogen) atoms. The number of carbonyl (C=O) groups is 1. The van der Waals surface area contributed by atoms with Crippen molar-refractivity contribution < 1.29 is 14.6 Å². The van der Waals surface area contributed by atoms with Gasteiger partial charge < -0.3 is 20.1 Å². The topological polar surface area (TPSA) is 61.8 Å². The fourth-order valence-electron chi connectivity index (χ4n) is 1.94. The summed E-state index contributed by atoms with van der Waals surface area (Å²) in [5.74, 6) is 0. The molecule has 2 saturated heterocycles. The Morgan fingerprint density at radius 2 is 2.54 bits per heavy atom. The quantitative estimate of drug-likeness (QED) is 0.518. The summed E-state index contributed by atoms with van der Waals surface area (Å²) in [4.78, 5) is 12.7. The van der Waals surface area contributed by atoms with Crippen molar-refractivity contribution in [3.63, 3.8) is 0 Å². The molecule has 5 heteroatoms. The van der Waals surface area contributed by atoms with Crippen LogP contribution in [0.15, 0.2) is 0 Å². The molecule has 0 radical (unpaired) electrons. The van der Waals surface area contributed by atoms with Crippen LogP contribution in [0.5, 0.6) is 0 Å². The van der Waals surface area contributed by atoms with Crippen LogP contribution in [-0.2, 0) is 4.74 Å². The lowest BCUT2D eigenvalue weighted by Gasteiger charge is -2.35. The highest BCUT2D eigenvalue weighted by Gasteiger charge is 2.50. The summed E-state index contributed by atoms with van der Waals surface area (Å²) in [5, 5.41) is 12.8. The van der Waals surface area contributed by atoms with Crippen LogP contribution in [0.2, 0.25) is 0 Å². The standard InChI is InChI=1S/C8H14N2O3/c1-10-5-8(13-7(10)12)2-3-9-4-6(8)11/h6,9,11H,2-5H2,1H3/t6-,8-/m1/s1. The highest BCUT2D eigenvalue weighted by molar-refractivity contribution is 5.70. The van der Waals surface area contributed by atoms with Gasteiger partial charge >= 0.3 is 6.09 Å². The fraction of sp³-hybridized carbons (Fsp3) is 0.875. The van der Waals surface area contributed by atoms with Crippen molar-refractivity contribution >= 4 is 6.09 Å². The average Bonchev–Trinajstić information content (AvgIpc) is 2.36. The molecular formula is C8H14N2O3. The van der Waals surface area contributed by atoms with Crippen molar-refractivity contribution in [1.82, 2.24) is 10.2 Å². The molecule has 2 heterocycles. The number of aliphatic hydroxyl groups is 1. The number of likely N-dealkylation sites (N-methyl/N-ethyl adjacent to an activating group) is 1. The first kappa shape index (κ1) is 8.77. The van der Waals surface area contributed by atoms with E-state index < -0.39 is 11.7 Å². The van der Waals surface area contributed by atoms with E-state index >= 15 is 0 Å². The highest BCUT2D eigenvalue weighted by Crippen LogP contribution is 2.30. The van der Waals surface area contributed by atoms with Crippen molar-refractivity contribution in [3.8, 4) is 0 Å². The van der Waals surface area contributed by atoms with Gasteiger partial charge in [0, 0.05) is 20.0 Å². The van der Waals surface area contributed by atoms with Crippen molar-refractivity contribution in [2.45, 2.75) is 18.1 Å². The first-order chi connectivity index (χ1) is 6.14. The first-order valence-corrected chi connectivity index (χ1v) is 4.47. The third kappa shape index (κ3) is 1.28. The summed E-state index contributed by atoms with van der Waals surface area (Å²) < 4.78 is 5.21. The number of hydrogen-bond donors (Lipinski definition) is 2. The number of β-amino-alcohol motifs (C(OH)–C–C–N with tert-alkyl or cyclic N) is 1. The van der Waals surface area contributed by atoms with E-state index in [1.54, 1.807) is 7.05 Å². The summed E-state index contributed by atoms with van der Waals surface area (Å²) in [7, 11) is 1.69. The van der Waals surface area contributed by atoms with Crippen LogP contribution in [0.4, 0.5) is 4.79 Å². The molecular weight excluding hydrogens is 172 g/mol. The number of hydrogen-bond acceptors (Lipinski definition) is 4. The van der Waals surface area contributed by atoms with Gasteiger partial charge in [0.15, 0.2) is 5.60 Å². The van der Waals surface area contributed by atoms with Gasteiger partial charge in [0.25, 0.3) is 0 Å². The maximum absolute atomic E-state index is 11.2. The average molecular weight is 186 g/mol. The molecule has 1 spiro atoms. The maximum atomic E-state index is 11.2. The third-order valence-electron chi connectivity index (χ3n) is 2.78. The number of nitrogens with one attached hydrogen (secondary N) is 1. The zero-order valence-corrected chi connectivity index (χ0v) is 7.62. The Kier molecular flexibility index (Phi) is 1.92. The maximum Gasteiger partial charge on any atom is 0.410 e. The van der Waals surface area contributed by atoms with E-state index in [1.165, 1.54) is 4.90 Å². The van der Waals surface area contributed by atoms with E-state index in [0.29, 0.717) is 19.5 Å². The van der Waals surface area contributed by atoms with Crippen molar-refractivity contribution in [2.75, 3.05) is 26.7 Å². The molecule has 74 valence electrons. The second-order valence-corrected chi connectivity index (χ2v) is 3.76. The van der Waals surface area contributed by atoms with Gasteiger partial charge in [-0.3, -0.25) is 0 Å². The van der Waals surface area contributed by atoms with E-state index in [9.17, 15) is 9.90 Å². The van der Waals surface area contributed by atoms with Crippen molar-refractivity contribution in [3.05, 3.63) is 0 Å². The molecule has 2 aliphatic heterocycles. The highest BCUT2D eigenvalue weighted by atomic mass is 16.6. The molecule has 2 N–H and O–H groups in total. The molecule has 0 unspecified atom stereocenters. The third-order valence-corrected chi connectivity index (χ3v) is 2.78. The monoisotopic (exact) mass is 186 g/mol. The predicted octanol–water partition coefficient (Wildman–Crippen LogP) is -0.839. The second kappa shape index (κ2) is 2.85. The number of piperidine rings is 1. The Balaban J connectivity index is 2.15. The van der Waals surface area contributed by atoms with Gasteiger partial charge in [0.1, 0.15) is 6.10 Å². The Morgan fingerprint density at radius 1 is 1.77 bits per heavy atom.